The molecule has 0 spiro atoms. The average Bonchev–Trinajstić information content (AvgIpc) is 3.16. The van der Waals surface area contributed by atoms with Crippen LogP contribution >= 0.6 is 0 Å². The van der Waals surface area contributed by atoms with E-state index >= 15 is 0 Å². The summed E-state index contributed by atoms with van der Waals surface area (Å²) in [7, 11) is 0. The van der Waals surface area contributed by atoms with Crippen molar-refractivity contribution >= 4 is 17.9 Å². The number of pyridine rings is 1. The third-order valence-electron chi connectivity index (χ3n) is 4.48. The molecular formula is C22H23N5O2. The molecule has 0 bridgehead atoms. The maximum absolute atomic E-state index is 12.2. The Kier molecular flexibility index (Phi) is 5.87. The lowest BCUT2D eigenvalue weighted by molar-refractivity contribution is -0.126. The second-order valence-electron chi connectivity index (χ2n) is 7.25. The monoisotopic (exact) mass is 389 g/mol. The van der Waals surface area contributed by atoms with Crippen molar-refractivity contribution in [3.63, 3.8) is 0 Å². The third kappa shape index (κ3) is 4.95. The number of nitrogens with two attached hydrogens (primary N) is 1. The van der Waals surface area contributed by atoms with Crippen LogP contribution < -0.4 is 11.1 Å². The number of primary amides is 1. The Morgan fingerprint density at radius 3 is 2.59 bits per heavy atom. The van der Waals surface area contributed by atoms with Crippen LogP contribution in [0.15, 0.2) is 67.1 Å². The third-order valence-corrected chi connectivity index (χ3v) is 4.48. The smallest absolute Gasteiger partial charge is 0.244 e. The zero-order chi connectivity index (χ0) is 20.9. The van der Waals surface area contributed by atoms with Crippen molar-refractivity contribution in [2.45, 2.75) is 13.8 Å². The summed E-state index contributed by atoms with van der Waals surface area (Å²) in [5.74, 6) is -0.784. The molecule has 7 nitrogen and oxygen atoms in total. The van der Waals surface area contributed by atoms with E-state index in [-0.39, 0.29) is 12.5 Å². The Morgan fingerprint density at radius 2 is 1.93 bits per heavy atom. The molecule has 7 heteroatoms. The molecule has 0 saturated heterocycles. The first kappa shape index (κ1) is 20.0. The first-order valence-corrected chi connectivity index (χ1v) is 9.18. The summed E-state index contributed by atoms with van der Waals surface area (Å²) in [6, 6.07) is 13.5. The lowest BCUT2D eigenvalue weighted by atomic mass is 9.93. The van der Waals surface area contributed by atoms with Crippen LogP contribution in [0.25, 0.3) is 23.0 Å². The molecule has 3 aromatic rings. The van der Waals surface area contributed by atoms with Gasteiger partial charge < -0.3 is 11.1 Å². The minimum absolute atomic E-state index is 0.157. The largest absolute Gasteiger partial charge is 0.369 e. The predicted molar refractivity (Wildman–Crippen MR) is 112 cm³/mol. The Balaban J connectivity index is 1.86. The summed E-state index contributed by atoms with van der Waals surface area (Å²) in [5, 5.41) is 7.38. The zero-order valence-corrected chi connectivity index (χ0v) is 16.4. The number of benzene rings is 1. The van der Waals surface area contributed by atoms with Gasteiger partial charge in [-0.05, 0) is 44.2 Å². The summed E-state index contributed by atoms with van der Waals surface area (Å²) in [5.41, 5.74) is 7.75. The van der Waals surface area contributed by atoms with Gasteiger partial charge in [-0.25, -0.2) is 4.68 Å². The van der Waals surface area contributed by atoms with Crippen LogP contribution in [0.4, 0.5) is 0 Å². The number of rotatable bonds is 7. The summed E-state index contributed by atoms with van der Waals surface area (Å²) < 4.78 is 1.76. The van der Waals surface area contributed by atoms with Crippen molar-refractivity contribution in [1.29, 1.82) is 0 Å². The Morgan fingerprint density at radius 1 is 1.17 bits per heavy atom. The lowest BCUT2D eigenvalue weighted by Gasteiger charge is -2.19. The second kappa shape index (κ2) is 8.52. The Bertz CT molecular complexity index is 1020. The quantitative estimate of drug-likeness (QED) is 0.606. The first-order valence-electron chi connectivity index (χ1n) is 9.18. The highest BCUT2D eigenvalue weighted by Crippen LogP contribution is 2.24. The lowest BCUT2D eigenvalue weighted by Crippen LogP contribution is -2.41. The summed E-state index contributed by atoms with van der Waals surface area (Å²) in [4.78, 5) is 27.8. The van der Waals surface area contributed by atoms with Gasteiger partial charge in [-0.15, -0.1) is 0 Å². The van der Waals surface area contributed by atoms with Crippen LogP contribution in [0, 0.1) is 5.41 Å². The number of nitrogens with zero attached hydrogens (tertiary/aromatic N) is 3. The molecule has 0 unspecified atom stereocenters. The van der Waals surface area contributed by atoms with Crippen molar-refractivity contribution in [1.82, 2.24) is 20.1 Å². The van der Waals surface area contributed by atoms with Gasteiger partial charge in [0, 0.05) is 42.3 Å². The van der Waals surface area contributed by atoms with Gasteiger partial charge in [-0.3, -0.25) is 14.6 Å². The molecule has 3 rings (SSSR count). The van der Waals surface area contributed by atoms with Gasteiger partial charge >= 0.3 is 0 Å². The van der Waals surface area contributed by atoms with Gasteiger partial charge in [0.2, 0.25) is 11.8 Å². The van der Waals surface area contributed by atoms with Crippen LogP contribution in [-0.2, 0) is 9.59 Å². The molecule has 2 amide bonds. The van der Waals surface area contributed by atoms with Gasteiger partial charge in [-0.2, -0.15) is 5.10 Å². The van der Waals surface area contributed by atoms with Gasteiger partial charge in [0.1, 0.15) is 5.69 Å². The summed E-state index contributed by atoms with van der Waals surface area (Å²) in [6.07, 6.45) is 8.39. The number of carbonyl (C=O) groups excluding carboxylic acids is 2. The molecule has 0 atom stereocenters. The van der Waals surface area contributed by atoms with Crippen molar-refractivity contribution in [3.8, 4) is 16.9 Å². The highest BCUT2D eigenvalue weighted by Gasteiger charge is 2.25. The standard InChI is InChI=1S/C22H23N5O2/c1-22(2,21(23)29)15-25-19(28)11-10-17-14-27(18-8-4-3-5-9-18)26-20(17)16-7-6-12-24-13-16/h3-14H,15H2,1-2H3,(H2,23,29)(H,25,28). The number of nitrogens with one attached hydrogen (secondary N) is 1. The molecular weight excluding hydrogens is 366 g/mol. The summed E-state index contributed by atoms with van der Waals surface area (Å²) >= 11 is 0. The maximum Gasteiger partial charge on any atom is 0.244 e. The van der Waals surface area contributed by atoms with Crippen molar-refractivity contribution < 1.29 is 9.59 Å². The molecule has 0 fully saturated rings. The molecule has 0 aliphatic carbocycles. The molecule has 148 valence electrons. The van der Waals surface area contributed by atoms with Crippen LogP contribution in [-0.4, -0.2) is 33.1 Å². The van der Waals surface area contributed by atoms with Gasteiger partial charge in [0.15, 0.2) is 0 Å². The minimum Gasteiger partial charge on any atom is -0.369 e. The van der Waals surface area contributed by atoms with E-state index in [9.17, 15) is 9.59 Å². The molecule has 2 heterocycles. The fourth-order valence-electron chi connectivity index (χ4n) is 2.57. The fraction of sp³-hybridized carbons (Fsp3) is 0.182. The van der Waals surface area contributed by atoms with Crippen LogP contribution in [0.5, 0.6) is 0 Å². The SMILES string of the molecule is CC(C)(CNC(=O)C=Cc1cn(-c2ccccc2)nc1-c1cccnc1)C(N)=O. The van der Waals surface area contributed by atoms with E-state index < -0.39 is 11.3 Å². The van der Waals surface area contributed by atoms with Crippen molar-refractivity contribution in [2.75, 3.05) is 6.54 Å². The predicted octanol–water partition coefficient (Wildman–Crippen LogP) is 2.58. The molecule has 1 aromatic carbocycles. The number of carbonyl (C=O) groups is 2. The molecule has 0 saturated carbocycles. The van der Waals surface area contributed by atoms with E-state index in [0.717, 1.165) is 16.8 Å². The number of aromatic nitrogens is 3. The molecule has 0 aliphatic rings. The average molecular weight is 389 g/mol. The second-order valence-corrected chi connectivity index (χ2v) is 7.25. The molecule has 0 aliphatic heterocycles. The normalized spacial score (nSPS) is 11.5. The topological polar surface area (TPSA) is 103 Å². The van der Waals surface area contributed by atoms with Crippen molar-refractivity contribution in [3.05, 3.63) is 72.7 Å². The van der Waals surface area contributed by atoms with E-state index in [4.69, 9.17) is 5.73 Å². The van der Waals surface area contributed by atoms with Gasteiger partial charge in [0.25, 0.3) is 0 Å². The number of amides is 2. The fourth-order valence-corrected chi connectivity index (χ4v) is 2.57. The van der Waals surface area contributed by atoms with E-state index in [1.165, 1.54) is 6.08 Å². The van der Waals surface area contributed by atoms with Crippen LogP contribution in [0.1, 0.15) is 19.4 Å². The number of hydrogen-bond donors (Lipinski definition) is 2. The van der Waals surface area contributed by atoms with Gasteiger partial charge in [-0.1, -0.05) is 18.2 Å². The first-order chi connectivity index (χ1) is 13.9. The Labute approximate surface area is 169 Å². The van der Waals surface area contributed by atoms with Gasteiger partial charge in [0.05, 0.1) is 11.1 Å². The molecule has 0 radical (unpaired) electrons. The van der Waals surface area contributed by atoms with E-state index in [2.05, 4.69) is 15.4 Å². The van der Waals surface area contributed by atoms with E-state index in [1.54, 1.807) is 37.0 Å². The highest BCUT2D eigenvalue weighted by atomic mass is 16.2. The summed E-state index contributed by atoms with van der Waals surface area (Å²) in [6.45, 7) is 3.53. The highest BCUT2D eigenvalue weighted by molar-refractivity contribution is 5.93. The van der Waals surface area contributed by atoms with Crippen LogP contribution in [0.2, 0.25) is 0 Å². The van der Waals surface area contributed by atoms with Crippen LogP contribution in [0.3, 0.4) is 0 Å². The van der Waals surface area contributed by atoms with E-state index in [0.29, 0.717) is 5.69 Å². The number of para-hydroxylation sites is 1. The van der Waals surface area contributed by atoms with E-state index in [1.807, 2.05) is 48.7 Å². The molecule has 29 heavy (non-hydrogen) atoms. The Hall–Kier alpha value is -3.74. The zero-order valence-electron chi connectivity index (χ0n) is 16.4. The number of hydrogen-bond acceptors (Lipinski definition) is 4. The maximum atomic E-state index is 12.2. The molecule has 3 N–H and O–H groups in total. The molecule has 2 aromatic heterocycles. The van der Waals surface area contributed by atoms with Crippen molar-refractivity contribution in [2.24, 2.45) is 11.1 Å². The minimum atomic E-state index is -0.817.